The molecule has 0 saturated carbocycles. The van der Waals surface area contributed by atoms with Gasteiger partial charge in [-0.05, 0) is 42.8 Å². The van der Waals surface area contributed by atoms with Crippen LogP contribution in [0.4, 0.5) is 4.39 Å². The van der Waals surface area contributed by atoms with Crippen molar-refractivity contribution in [3.8, 4) is 0 Å². The Kier molecular flexibility index (Phi) is 4.47. The second kappa shape index (κ2) is 6.92. The van der Waals surface area contributed by atoms with E-state index in [-0.39, 0.29) is 11.7 Å². The lowest BCUT2D eigenvalue weighted by Gasteiger charge is -2.34. The molecule has 1 N–H and O–H groups in total. The Bertz CT molecular complexity index is 924. The number of benzene rings is 2. The third-order valence-corrected chi connectivity index (χ3v) is 4.99. The van der Waals surface area contributed by atoms with Gasteiger partial charge in [0.1, 0.15) is 11.5 Å². The third-order valence-electron chi connectivity index (χ3n) is 4.99. The molecule has 0 bridgehead atoms. The standard InChI is InChI=1S/C21H22FN3O/c1-15-2-7-19-17(12-15)13-20(23-19)21(26)25-10-8-24(9-11-25)14-16-3-5-18(22)6-4-16/h2-7,12-13,23H,8-11,14H2,1H3. The zero-order chi connectivity index (χ0) is 18.1. The van der Waals surface area contributed by atoms with E-state index in [1.807, 2.05) is 42.2 Å². The van der Waals surface area contributed by atoms with Gasteiger partial charge < -0.3 is 9.88 Å². The molecule has 1 saturated heterocycles. The number of amides is 1. The van der Waals surface area contributed by atoms with Crippen LogP contribution in [0.5, 0.6) is 0 Å². The zero-order valence-electron chi connectivity index (χ0n) is 14.8. The second-order valence-electron chi connectivity index (χ2n) is 6.97. The summed E-state index contributed by atoms with van der Waals surface area (Å²) in [5, 5.41) is 1.07. The van der Waals surface area contributed by atoms with E-state index >= 15 is 0 Å². The highest BCUT2D eigenvalue weighted by Crippen LogP contribution is 2.19. The SMILES string of the molecule is Cc1ccc2[nH]c(C(=O)N3CCN(Cc4ccc(F)cc4)CC3)cc2c1. The van der Waals surface area contributed by atoms with Crippen molar-refractivity contribution in [3.63, 3.8) is 0 Å². The minimum atomic E-state index is -0.210. The molecule has 1 amide bonds. The maximum atomic E-state index is 13.0. The monoisotopic (exact) mass is 351 g/mol. The van der Waals surface area contributed by atoms with Crippen LogP contribution >= 0.6 is 0 Å². The number of rotatable bonds is 3. The van der Waals surface area contributed by atoms with Crippen molar-refractivity contribution in [3.05, 3.63) is 71.2 Å². The number of hydrogen-bond donors (Lipinski definition) is 1. The van der Waals surface area contributed by atoms with Crippen molar-refractivity contribution >= 4 is 16.8 Å². The van der Waals surface area contributed by atoms with Crippen molar-refractivity contribution in [1.82, 2.24) is 14.8 Å². The molecule has 0 radical (unpaired) electrons. The van der Waals surface area contributed by atoms with Crippen LogP contribution in [-0.4, -0.2) is 46.9 Å². The molecule has 5 heteroatoms. The largest absolute Gasteiger partial charge is 0.351 e. The number of nitrogens with one attached hydrogen (secondary N) is 1. The first-order chi connectivity index (χ1) is 12.6. The minimum absolute atomic E-state index is 0.0558. The van der Waals surface area contributed by atoms with Crippen LogP contribution in [-0.2, 0) is 6.54 Å². The average Bonchev–Trinajstić information content (AvgIpc) is 3.07. The Hall–Kier alpha value is -2.66. The van der Waals surface area contributed by atoms with Crippen LogP contribution in [0.2, 0.25) is 0 Å². The summed E-state index contributed by atoms with van der Waals surface area (Å²) in [6, 6.07) is 14.7. The van der Waals surface area contributed by atoms with Crippen LogP contribution in [0.3, 0.4) is 0 Å². The fourth-order valence-corrected chi connectivity index (χ4v) is 3.49. The fraction of sp³-hybridized carbons (Fsp3) is 0.286. The molecule has 4 rings (SSSR count). The number of H-pyrrole nitrogens is 1. The lowest BCUT2D eigenvalue weighted by Crippen LogP contribution is -2.48. The lowest BCUT2D eigenvalue weighted by atomic mass is 10.2. The summed E-state index contributed by atoms with van der Waals surface area (Å²) in [6.45, 7) is 5.88. The highest BCUT2D eigenvalue weighted by Gasteiger charge is 2.23. The first-order valence-corrected chi connectivity index (χ1v) is 8.94. The van der Waals surface area contributed by atoms with E-state index in [4.69, 9.17) is 0 Å². The van der Waals surface area contributed by atoms with Gasteiger partial charge in [0.25, 0.3) is 5.91 Å². The molecule has 1 aliphatic heterocycles. The number of halogens is 1. The maximum Gasteiger partial charge on any atom is 0.270 e. The summed E-state index contributed by atoms with van der Waals surface area (Å²) < 4.78 is 13.0. The molecule has 26 heavy (non-hydrogen) atoms. The van der Waals surface area contributed by atoms with Crippen molar-refractivity contribution < 1.29 is 9.18 Å². The first kappa shape index (κ1) is 16.8. The quantitative estimate of drug-likeness (QED) is 0.783. The molecule has 0 unspecified atom stereocenters. The van der Waals surface area contributed by atoms with Gasteiger partial charge in [-0.1, -0.05) is 23.8 Å². The zero-order valence-corrected chi connectivity index (χ0v) is 14.8. The molecule has 3 aromatic rings. The summed E-state index contributed by atoms with van der Waals surface area (Å²) in [6.07, 6.45) is 0. The van der Waals surface area contributed by atoms with Gasteiger partial charge in [0.2, 0.25) is 0 Å². The van der Waals surface area contributed by atoms with Crippen LogP contribution < -0.4 is 0 Å². The van der Waals surface area contributed by atoms with Crippen LogP contribution in [0.15, 0.2) is 48.5 Å². The molecule has 134 valence electrons. The smallest absolute Gasteiger partial charge is 0.270 e. The van der Waals surface area contributed by atoms with Crippen molar-refractivity contribution in [2.45, 2.75) is 13.5 Å². The number of carbonyl (C=O) groups excluding carboxylic acids is 1. The number of hydrogen-bond acceptors (Lipinski definition) is 2. The summed E-state index contributed by atoms with van der Waals surface area (Å²) in [4.78, 5) is 20.2. The van der Waals surface area contributed by atoms with Crippen molar-refractivity contribution in [2.24, 2.45) is 0 Å². The van der Waals surface area contributed by atoms with E-state index in [2.05, 4.69) is 16.0 Å². The number of aromatic amines is 1. The van der Waals surface area contributed by atoms with Gasteiger partial charge in [0.05, 0.1) is 0 Å². The van der Waals surface area contributed by atoms with Gasteiger partial charge >= 0.3 is 0 Å². The van der Waals surface area contributed by atoms with E-state index in [9.17, 15) is 9.18 Å². The number of carbonyl (C=O) groups is 1. The normalized spacial score (nSPS) is 15.5. The van der Waals surface area contributed by atoms with E-state index < -0.39 is 0 Å². The van der Waals surface area contributed by atoms with E-state index in [1.165, 1.54) is 17.7 Å². The summed E-state index contributed by atoms with van der Waals surface area (Å²) in [5.74, 6) is -0.155. The van der Waals surface area contributed by atoms with Crippen molar-refractivity contribution in [2.75, 3.05) is 26.2 Å². The molecule has 2 aromatic carbocycles. The fourth-order valence-electron chi connectivity index (χ4n) is 3.49. The highest BCUT2D eigenvalue weighted by atomic mass is 19.1. The Balaban J connectivity index is 1.38. The Labute approximate surface area is 152 Å². The van der Waals surface area contributed by atoms with Gasteiger partial charge in [-0.3, -0.25) is 9.69 Å². The predicted molar refractivity (Wildman–Crippen MR) is 101 cm³/mol. The summed E-state index contributed by atoms with van der Waals surface area (Å²) >= 11 is 0. The molecule has 0 spiro atoms. The molecule has 1 fully saturated rings. The molecule has 1 aromatic heterocycles. The highest BCUT2D eigenvalue weighted by molar-refractivity contribution is 5.98. The van der Waals surface area contributed by atoms with E-state index in [0.717, 1.165) is 36.1 Å². The predicted octanol–water partition coefficient (Wildman–Crippen LogP) is 3.57. The second-order valence-corrected chi connectivity index (χ2v) is 6.97. The van der Waals surface area contributed by atoms with Gasteiger partial charge in [0, 0.05) is 43.6 Å². The van der Waals surface area contributed by atoms with E-state index in [0.29, 0.717) is 18.8 Å². The molecule has 2 heterocycles. The molecular formula is C21H22FN3O. The Morgan fingerprint density at radius 2 is 1.77 bits per heavy atom. The topological polar surface area (TPSA) is 39.3 Å². The molecule has 0 atom stereocenters. The van der Waals surface area contributed by atoms with Crippen LogP contribution in [0.1, 0.15) is 21.6 Å². The minimum Gasteiger partial charge on any atom is -0.351 e. The number of nitrogens with zero attached hydrogens (tertiary/aromatic N) is 2. The van der Waals surface area contributed by atoms with Crippen LogP contribution in [0.25, 0.3) is 10.9 Å². The number of fused-ring (bicyclic) bond motifs is 1. The Morgan fingerprint density at radius 1 is 1.04 bits per heavy atom. The molecule has 0 aliphatic carbocycles. The lowest BCUT2D eigenvalue weighted by molar-refractivity contribution is 0.0623. The van der Waals surface area contributed by atoms with Gasteiger partial charge in [-0.2, -0.15) is 0 Å². The van der Waals surface area contributed by atoms with Gasteiger partial charge in [-0.25, -0.2) is 4.39 Å². The van der Waals surface area contributed by atoms with Crippen molar-refractivity contribution in [1.29, 1.82) is 0 Å². The summed E-state index contributed by atoms with van der Waals surface area (Å²) in [7, 11) is 0. The van der Waals surface area contributed by atoms with Gasteiger partial charge in [-0.15, -0.1) is 0 Å². The average molecular weight is 351 g/mol. The third kappa shape index (κ3) is 3.48. The van der Waals surface area contributed by atoms with Crippen LogP contribution in [0, 0.1) is 12.7 Å². The summed E-state index contributed by atoms with van der Waals surface area (Å²) in [5.41, 5.74) is 3.92. The first-order valence-electron chi connectivity index (χ1n) is 8.94. The molecule has 4 nitrogen and oxygen atoms in total. The number of aryl methyl sites for hydroxylation is 1. The number of piperazine rings is 1. The Morgan fingerprint density at radius 3 is 2.50 bits per heavy atom. The van der Waals surface area contributed by atoms with Gasteiger partial charge in [0.15, 0.2) is 0 Å². The maximum absolute atomic E-state index is 13.0. The molecule has 1 aliphatic rings. The molecular weight excluding hydrogens is 329 g/mol. The number of aromatic nitrogens is 1. The van der Waals surface area contributed by atoms with E-state index in [1.54, 1.807) is 0 Å².